The molecule has 1 N–H and O–H groups in total. The summed E-state index contributed by atoms with van der Waals surface area (Å²) in [6.45, 7) is 0. The lowest BCUT2D eigenvalue weighted by Gasteiger charge is -2.19. The van der Waals surface area contributed by atoms with Crippen molar-refractivity contribution in [1.29, 1.82) is 0 Å². The first-order valence-corrected chi connectivity index (χ1v) is 6.48. The van der Waals surface area contributed by atoms with Crippen LogP contribution in [0.15, 0.2) is 48.6 Å². The summed E-state index contributed by atoms with van der Waals surface area (Å²) >= 11 is 0. The van der Waals surface area contributed by atoms with Crippen LogP contribution in [0.5, 0.6) is 0 Å². The van der Waals surface area contributed by atoms with Gasteiger partial charge in [0.25, 0.3) is 0 Å². The molecule has 1 saturated carbocycles. The Hall–Kier alpha value is -1.34. The van der Waals surface area contributed by atoms with Crippen molar-refractivity contribution in [3.05, 3.63) is 54.1 Å². The highest BCUT2D eigenvalue weighted by Gasteiger charge is 2.51. The summed E-state index contributed by atoms with van der Waals surface area (Å²) in [5.74, 6) is 2.18. The van der Waals surface area contributed by atoms with Gasteiger partial charge in [0.05, 0.1) is 6.10 Å². The molecule has 0 aromatic heterocycles. The van der Waals surface area contributed by atoms with Crippen LogP contribution in [0.4, 0.5) is 0 Å². The van der Waals surface area contributed by atoms with Crippen LogP contribution in [0.1, 0.15) is 12.0 Å². The van der Waals surface area contributed by atoms with E-state index < -0.39 is 0 Å². The largest absolute Gasteiger partial charge is 0.392 e. The Morgan fingerprint density at radius 3 is 2.71 bits per heavy atom. The quantitative estimate of drug-likeness (QED) is 0.727. The van der Waals surface area contributed by atoms with E-state index in [4.69, 9.17) is 0 Å². The van der Waals surface area contributed by atoms with E-state index in [2.05, 4.69) is 42.5 Å². The van der Waals surface area contributed by atoms with Crippen LogP contribution in [-0.2, 0) is 0 Å². The van der Waals surface area contributed by atoms with E-state index in [-0.39, 0.29) is 6.10 Å². The Kier molecular flexibility index (Phi) is 1.89. The highest BCUT2D eigenvalue weighted by atomic mass is 16.3. The number of aliphatic hydroxyl groups is 1. The minimum Gasteiger partial charge on any atom is -0.392 e. The van der Waals surface area contributed by atoms with Gasteiger partial charge in [-0.15, -0.1) is 0 Å². The molecule has 3 aliphatic rings. The lowest BCUT2D eigenvalue weighted by Crippen LogP contribution is -2.18. The normalized spacial score (nSPS) is 41.7. The van der Waals surface area contributed by atoms with Crippen molar-refractivity contribution in [1.82, 2.24) is 0 Å². The van der Waals surface area contributed by atoms with Gasteiger partial charge >= 0.3 is 0 Å². The van der Waals surface area contributed by atoms with Crippen molar-refractivity contribution in [3.8, 4) is 0 Å². The number of aliphatic hydroxyl groups excluding tert-OH is 1. The average Bonchev–Trinajstić information content (AvgIpc) is 2.98. The third kappa shape index (κ3) is 1.23. The topological polar surface area (TPSA) is 20.2 Å². The third-order valence-corrected chi connectivity index (χ3v) is 4.70. The Labute approximate surface area is 101 Å². The first-order valence-electron chi connectivity index (χ1n) is 6.48. The second-order valence-electron chi connectivity index (χ2n) is 5.52. The minimum absolute atomic E-state index is 0.147. The van der Waals surface area contributed by atoms with E-state index in [0.717, 1.165) is 6.42 Å². The molecule has 5 atom stereocenters. The predicted molar refractivity (Wildman–Crippen MR) is 68.1 cm³/mol. The summed E-state index contributed by atoms with van der Waals surface area (Å²) in [6, 6.07) is 10.5. The monoisotopic (exact) mass is 224 g/mol. The van der Waals surface area contributed by atoms with E-state index in [1.165, 1.54) is 11.1 Å². The summed E-state index contributed by atoms with van der Waals surface area (Å²) < 4.78 is 0. The summed E-state index contributed by atoms with van der Waals surface area (Å²) in [7, 11) is 0. The maximum Gasteiger partial charge on any atom is 0.0617 e. The van der Waals surface area contributed by atoms with Gasteiger partial charge < -0.3 is 5.11 Å². The van der Waals surface area contributed by atoms with Gasteiger partial charge in [0, 0.05) is 5.92 Å². The smallest absolute Gasteiger partial charge is 0.0617 e. The van der Waals surface area contributed by atoms with Crippen molar-refractivity contribution in [3.63, 3.8) is 0 Å². The molecule has 1 aromatic rings. The van der Waals surface area contributed by atoms with Gasteiger partial charge in [-0.1, -0.05) is 48.6 Å². The number of hydrogen-bond acceptors (Lipinski definition) is 1. The van der Waals surface area contributed by atoms with Crippen molar-refractivity contribution in [2.45, 2.75) is 12.5 Å². The lowest BCUT2D eigenvalue weighted by atomic mass is 9.86. The average molecular weight is 224 g/mol. The Morgan fingerprint density at radius 1 is 1.06 bits per heavy atom. The molecule has 17 heavy (non-hydrogen) atoms. The van der Waals surface area contributed by atoms with Crippen LogP contribution >= 0.6 is 0 Å². The molecule has 0 unspecified atom stereocenters. The van der Waals surface area contributed by atoms with Crippen LogP contribution in [0, 0.1) is 23.7 Å². The zero-order valence-corrected chi connectivity index (χ0v) is 9.66. The molecule has 1 fully saturated rings. The van der Waals surface area contributed by atoms with Crippen LogP contribution in [0.25, 0.3) is 5.57 Å². The molecule has 4 rings (SSSR count). The molecular weight excluding hydrogens is 208 g/mol. The van der Waals surface area contributed by atoms with Gasteiger partial charge in [-0.2, -0.15) is 0 Å². The fourth-order valence-corrected chi connectivity index (χ4v) is 4.06. The van der Waals surface area contributed by atoms with Gasteiger partial charge in [-0.25, -0.2) is 0 Å². The second-order valence-corrected chi connectivity index (χ2v) is 5.52. The van der Waals surface area contributed by atoms with Crippen LogP contribution in [-0.4, -0.2) is 11.2 Å². The molecule has 3 aliphatic carbocycles. The van der Waals surface area contributed by atoms with Crippen molar-refractivity contribution in [2.75, 3.05) is 0 Å². The van der Waals surface area contributed by atoms with Crippen LogP contribution < -0.4 is 0 Å². The predicted octanol–water partition coefficient (Wildman–Crippen LogP) is 2.88. The van der Waals surface area contributed by atoms with Gasteiger partial charge in [-0.05, 0) is 35.3 Å². The first kappa shape index (κ1) is 9.67. The molecule has 0 saturated heterocycles. The standard InChI is InChI=1S/C16H16O/c17-14-9-12-7-6-11-8-13(16(14)15(11)12)10-4-2-1-3-5-10/h1-8,11-12,14-17H,9H2/t11-,12+,14-,15+,16-/m1/s1. The lowest BCUT2D eigenvalue weighted by molar-refractivity contribution is 0.146. The second kappa shape index (κ2) is 3.33. The van der Waals surface area contributed by atoms with Gasteiger partial charge in [0.15, 0.2) is 0 Å². The molecule has 0 aliphatic heterocycles. The van der Waals surface area contributed by atoms with Crippen molar-refractivity contribution in [2.24, 2.45) is 23.7 Å². The number of benzene rings is 1. The molecule has 1 heteroatoms. The molecule has 0 amide bonds. The fourth-order valence-electron chi connectivity index (χ4n) is 4.06. The molecule has 0 spiro atoms. The zero-order valence-electron chi connectivity index (χ0n) is 9.66. The van der Waals surface area contributed by atoms with Crippen LogP contribution in [0.2, 0.25) is 0 Å². The van der Waals surface area contributed by atoms with Gasteiger partial charge in [-0.3, -0.25) is 0 Å². The Balaban J connectivity index is 1.80. The van der Waals surface area contributed by atoms with E-state index in [1.54, 1.807) is 0 Å². The van der Waals surface area contributed by atoms with Gasteiger partial charge in [0.1, 0.15) is 0 Å². The number of allylic oxidation sites excluding steroid dienone is 3. The molecule has 1 nitrogen and oxygen atoms in total. The molecule has 0 heterocycles. The SMILES string of the molecule is O[C@@H]1C[C@@H]2C=C[C@@H]3C=C(c4ccccc4)[C@H]1[C@@H]32. The van der Waals surface area contributed by atoms with Crippen LogP contribution in [0.3, 0.4) is 0 Å². The molecule has 86 valence electrons. The highest BCUT2D eigenvalue weighted by Crippen LogP contribution is 2.57. The highest BCUT2D eigenvalue weighted by molar-refractivity contribution is 5.72. The summed E-state index contributed by atoms with van der Waals surface area (Å²) in [4.78, 5) is 0. The van der Waals surface area contributed by atoms with Gasteiger partial charge in [0.2, 0.25) is 0 Å². The maximum absolute atomic E-state index is 10.3. The maximum atomic E-state index is 10.3. The Morgan fingerprint density at radius 2 is 1.88 bits per heavy atom. The zero-order chi connectivity index (χ0) is 11.4. The summed E-state index contributed by atoms with van der Waals surface area (Å²) in [5, 5.41) is 10.3. The third-order valence-electron chi connectivity index (χ3n) is 4.70. The first-order chi connectivity index (χ1) is 8.34. The van der Waals surface area contributed by atoms with E-state index in [0.29, 0.717) is 23.7 Å². The minimum atomic E-state index is -0.147. The van der Waals surface area contributed by atoms with Crippen molar-refractivity contribution < 1.29 is 5.11 Å². The van der Waals surface area contributed by atoms with Crippen molar-refractivity contribution >= 4 is 5.57 Å². The molecule has 1 aromatic carbocycles. The molecule has 0 bridgehead atoms. The Bertz CT molecular complexity index is 500. The van der Waals surface area contributed by atoms with E-state index in [9.17, 15) is 5.11 Å². The molecular formula is C16H16O. The summed E-state index contributed by atoms with van der Waals surface area (Å²) in [6.07, 6.45) is 7.84. The molecule has 0 radical (unpaired) electrons. The van der Waals surface area contributed by atoms with E-state index in [1.807, 2.05) is 6.07 Å². The number of hydrogen-bond donors (Lipinski definition) is 1. The summed E-state index contributed by atoms with van der Waals surface area (Å²) in [5.41, 5.74) is 2.67. The number of rotatable bonds is 1. The fraction of sp³-hybridized carbons (Fsp3) is 0.375. The van der Waals surface area contributed by atoms with E-state index >= 15 is 0 Å².